The maximum absolute atomic E-state index is 12.9. The lowest BCUT2D eigenvalue weighted by molar-refractivity contribution is -0.157. The first-order chi connectivity index (χ1) is 14.1. The molecule has 1 aromatic rings. The molecule has 3 aliphatic rings. The smallest absolute Gasteiger partial charge is 0.225 e. The van der Waals surface area contributed by atoms with E-state index in [-0.39, 0.29) is 24.2 Å². The van der Waals surface area contributed by atoms with Crippen LogP contribution in [0.25, 0.3) is 0 Å². The molecule has 4 rings (SSSR count). The summed E-state index contributed by atoms with van der Waals surface area (Å²) in [4.78, 5) is 19.3. The summed E-state index contributed by atoms with van der Waals surface area (Å²) in [7, 11) is 2.03. The van der Waals surface area contributed by atoms with Crippen LogP contribution in [0.3, 0.4) is 0 Å². The Morgan fingerprint density at radius 2 is 1.86 bits per heavy atom. The molecule has 1 N–H and O–H groups in total. The maximum Gasteiger partial charge on any atom is 0.225 e. The molecule has 3 aliphatic heterocycles. The van der Waals surface area contributed by atoms with Crippen molar-refractivity contribution in [3.05, 3.63) is 30.3 Å². The van der Waals surface area contributed by atoms with E-state index < -0.39 is 6.10 Å². The molecule has 0 unspecified atom stereocenters. The van der Waals surface area contributed by atoms with Crippen LogP contribution in [0, 0.1) is 0 Å². The molecule has 0 aliphatic carbocycles. The maximum atomic E-state index is 12.9. The number of piperazine rings is 1. The molecular weight excluding hydrogens is 370 g/mol. The summed E-state index contributed by atoms with van der Waals surface area (Å²) in [5.41, 5.74) is 1.22. The van der Waals surface area contributed by atoms with E-state index in [1.807, 2.05) is 18.0 Å². The lowest BCUT2D eigenvalue weighted by Crippen LogP contribution is -2.55. The fourth-order valence-electron chi connectivity index (χ4n) is 4.77. The summed E-state index contributed by atoms with van der Waals surface area (Å²) in [5.74, 6) is 0.191. The number of amides is 1. The molecule has 160 valence electrons. The number of fused-ring (bicyclic) bond motifs is 1. The number of aliphatic hydroxyl groups is 1. The average molecular weight is 404 g/mol. The zero-order chi connectivity index (χ0) is 20.2. The van der Waals surface area contributed by atoms with E-state index >= 15 is 0 Å². The molecule has 0 radical (unpaired) electrons. The Labute approximate surface area is 173 Å². The number of likely N-dealkylation sites (N-methyl/N-ethyl adjacent to an activating group) is 1. The van der Waals surface area contributed by atoms with Gasteiger partial charge in [0.15, 0.2) is 0 Å². The van der Waals surface area contributed by atoms with Crippen LogP contribution >= 0.6 is 0 Å². The normalized spacial score (nSPS) is 31.7. The van der Waals surface area contributed by atoms with E-state index in [9.17, 15) is 9.90 Å². The second kappa shape index (κ2) is 9.43. The van der Waals surface area contributed by atoms with Gasteiger partial charge in [-0.2, -0.15) is 0 Å². The Kier molecular flexibility index (Phi) is 6.70. The number of hydrogen-bond acceptors (Lipinski definition) is 6. The van der Waals surface area contributed by atoms with Gasteiger partial charge in [-0.05, 0) is 32.0 Å². The fourth-order valence-corrected chi connectivity index (χ4v) is 4.77. The Bertz CT molecular complexity index is 665. The topological polar surface area (TPSA) is 65.5 Å². The molecule has 0 aromatic heterocycles. The van der Waals surface area contributed by atoms with Crippen molar-refractivity contribution in [3.63, 3.8) is 0 Å². The molecule has 0 saturated carbocycles. The van der Waals surface area contributed by atoms with Crippen molar-refractivity contribution in [2.24, 2.45) is 0 Å². The summed E-state index contributed by atoms with van der Waals surface area (Å²) in [6.45, 7) is 4.67. The first kappa shape index (κ1) is 20.6. The molecule has 1 amide bonds. The molecule has 4 atom stereocenters. The Balaban J connectivity index is 1.26. The van der Waals surface area contributed by atoms with E-state index in [2.05, 4.69) is 34.1 Å². The number of ether oxygens (including phenoxy) is 2. The number of nitrogens with zero attached hydrogens (tertiary/aromatic N) is 3. The van der Waals surface area contributed by atoms with Crippen molar-refractivity contribution in [2.45, 2.75) is 43.6 Å². The number of carbonyl (C=O) groups excluding carboxylic acids is 1. The number of carbonyl (C=O) groups is 1. The minimum Gasteiger partial charge on any atom is -0.389 e. The predicted molar refractivity (Wildman–Crippen MR) is 111 cm³/mol. The zero-order valence-corrected chi connectivity index (χ0v) is 17.3. The number of aliphatic hydroxyl groups excluding tert-OH is 1. The first-order valence-electron chi connectivity index (χ1n) is 10.8. The minimum atomic E-state index is -0.449. The van der Waals surface area contributed by atoms with E-state index in [0.717, 1.165) is 39.0 Å². The van der Waals surface area contributed by atoms with Crippen LogP contribution in [-0.4, -0.2) is 98.2 Å². The number of para-hydroxylation sites is 1. The van der Waals surface area contributed by atoms with Gasteiger partial charge in [0.2, 0.25) is 5.91 Å². The third-order valence-corrected chi connectivity index (χ3v) is 6.39. The highest BCUT2D eigenvalue weighted by Gasteiger charge is 2.37. The fraction of sp³-hybridized carbons (Fsp3) is 0.682. The van der Waals surface area contributed by atoms with Crippen molar-refractivity contribution >= 4 is 11.6 Å². The molecule has 3 saturated heterocycles. The molecule has 3 fully saturated rings. The summed E-state index contributed by atoms with van der Waals surface area (Å²) in [5, 5.41) is 9.92. The summed E-state index contributed by atoms with van der Waals surface area (Å²) in [6, 6.07) is 10.6. The lowest BCUT2D eigenvalue weighted by Gasteiger charge is -2.43. The van der Waals surface area contributed by atoms with Gasteiger partial charge in [-0.1, -0.05) is 18.2 Å². The van der Waals surface area contributed by atoms with Gasteiger partial charge in [0.1, 0.15) is 0 Å². The molecule has 0 bridgehead atoms. The highest BCUT2D eigenvalue weighted by Crippen LogP contribution is 2.27. The second-order valence-corrected chi connectivity index (χ2v) is 8.48. The highest BCUT2D eigenvalue weighted by molar-refractivity contribution is 5.77. The molecule has 7 heteroatoms. The van der Waals surface area contributed by atoms with E-state index in [0.29, 0.717) is 26.2 Å². The molecule has 0 spiro atoms. The van der Waals surface area contributed by atoms with Crippen LogP contribution < -0.4 is 4.90 Å². The van der Waals surface area contributed by atoms with Gasteiger partial charge in [-0.15, -0.1) is 0 Å². The van der Waals surface area contributed by atoms with Crippen LogP contribution in [0.4, 0.5) is 5.69 Å². The summed E-state index contributed by atoms with van der Waals surface area (Å²) < 4.78 is 11.9. The third-order valence-electron chi connectivity index (χ3n) is 6.39. The Morgan fingerprint density at radius 3 is 2.62 bits per heavy atom. The number of β-amino-alcohol motifs (C(OH)–C–C–N with tert-alkyl or cyclic N) is 1. The van der Waals surface area contributed by atoms with Crippen molar-refractivity contribution in [2.75, 3.05) is 57.9 Å². The molecular formula is C22H33N3O4. The zero-order valence-electron chi connectivity index (χ0n) is 17.3. The van der Waals surface area contributed by atoms with E-state index in [1.165, 1.54) is 5.69 Å². The van der Waals surface area contributed by atoms with Crippen molar-refractivity contribution < 1.29 is 19.4 Å². The molecule has 29 heavy (non-hydrogen) atoms. The molecule has 1 aromatic carbocycles. The quantitative estimate of drug-likeness (QED) is 0.811. The molecule has 3 heterocycles. The molecule has 7 nitrogen and oxygen atoms in total. The van der Waals surface area contributed by atoms with Crippen LogP contribution in [-0.2, 0) is 14.3 Å². The van der Waals surface area contributed by atoms with Crippen molar-refractivity contribution in [1.82, 2.24) is 9.80 Å². The van der Waals surface area contributed by atoms with Crippen molar-refractivity contribution in [1.29, 1.82) is 0 Å². The van der Waals surface area contributed by atoms with Gasteiger partial charge in [-0.25, -0.2) is 0 Å². The van der Waals surface area contributed by atoms with Gasteiger partial charge in [0.25, 0.3) is 0 Å². The lowest BCUT2D eigenvalue weighted by atomic mass is 9.95. The number of rotatable bonds is 3. The monoisotopic (exact) mass is 403 g/mol. The summed E-state index contributed by atoms with van der Waals surface area (Å²) >= 11 is 0. The second-order valence-electron chi connectivity index (χ2n) is 8.48. The van der Waals surface area contributed by atoms with Gasteiger partial charge in [0, 0.05) is 44.5 Å². The Morgan fingerprint density at radius 1 is 1.10 bits per heavy atom. The largest absolute Gasteiger partial charge is 0.389 e. The SMILES string of the molecule is CN1C[C@H](O)COC[C@@H]2O[C@@H](CC(=O)N3CCN(c4ccccc4)CC3)CC[C@H]21. The predicted octanol–water partition coefficient (Wildman–Crippen LogP) is 0.964. The van der Waals surface area contributed by atoms with Crippen LogP contribution in [0.1, 0.15) is 19.3 Å². The third kappa shape index (κ3) is 5.09. The standard InChI is InChI=1S/C22H33N3O4/c1-23-14-18(26)15-28-16-21-20(23)8-7-19(29-21)13-22(27)25-11-9-24(10-12-25)17-5-3-2-4-6-17/h2-6,18-21,26H,7-16H2,1H3/t18-,19+,20+,21-/m0/s1. The van der Waals surface area contributed by atoms with Crippen LogP contribution in [0.5, 0.6) is 0 Å². The number of anilines is 1. The van der Waals surface area contributed by atoms with Crippen LogP contribution in [0.15, 0.2) is 30.3 Å². The van der Waals surface area contributed by atoms with Crippen molar-refractivity contribution in [3.8, 4) is 0 Å². The van der Waals surface area contributed by atoms with Gasteiger partial charge >= 0.3 is 0 Å². The minimum absolute atomic E-state index is 0.0334. The van der Waals surface area contributed by atoms with Gasteiger partial charge < -0.3 is 24.4 Å². The van der Waals surface area contributed by atoms with Gasteiger partial charge in [0.05, 0.1) is 37.9 Å². The number of benzene rings is 1. The first-order valence-corrected chi connectivity index (χ1v) is 10.8. The van der Waals surface area contributed by atoms with E-state index in [1.54, 1.807) is 0 Å². The number of hydrogen-bond donors (Lipinski definition) is 1. The Hall–Kier alpha value is -1.67. The van der Waals surface area contributed by atoms with Gasteiger partial charge in [-0.3, -0.25) is 9.69 Å². The van der Waals surface area contributed by atoms with E-state index in [4.69, 9.17) is 9.47 Å². The van der Waals surface area contributed by atoms with Crippen LogP contribution in [0.2, 0.25) is 0 Å². The average Bonchev–Trinajstić information content (AvgIpc) is 2.73. The summed E-state index contributed by atoms with van der Waals surface area (Å²) in [6.07, 6.45) is 1.76. The highest BCUT2D eigenvalue weighted by atomic mass is 16.5.